The smallest absolute Gasteiger partial charge is 0.0685 e. The fraction of sp³-hybridized carbons (Fsp3) is 1.00. The standard InChI is InChI=1S/C14H27NOS/c1-14(2)12(11-7-9-16-13(11)14)15-8-5-4-6-10-17-3/h11-13,15H,4-10H2,1-3H3. The molecule has 0 aromatic rings. The minimum atomic E-state index is 0.348. The minimum absolute atomic E-state index is 0.348. The third kappa shape index (κ3) is 2.82. The maximum absolute atomic E-state index is 5.81. The SMILES string of the molecule is CSCCCCCNC1C2CCOC2C1(C)C. The summed E-state index contributed by atoms with van der Waals surface area (Å²) in [7, 11) is 0. The van der Waals surface area contributed by atoms with Gasteiger partial charge in [0.05, 0.1) is 6.10 Å². The van der Waals surface area contributed by atoms with Gasteiger partial charge in [-0.1, -0.05) is 20.3 Å². The Bertz CT molecular complexity index is 244. The molecule has 1 heterocycles. The van der Waals surface area contributed by atoms with E-state index in [1.807, 2.05) is 11.8 Å². The molecule has 100 valence electrons. The summed E-state index contributed by atoms with van der Waals surface area (Å²) in [6, 6.07) is 0.690. The van der Waals surface area contributed by atoms with Crippen LogP contribution in [0.15, 0.2) is 0 Å². The molecule has 17 heavy (non-hydrogen) atoms. The number of thioether (sulfide) groups is 1. The van der Waals surface area contributed by atoms with Gasteiger partial charge in [0.15, 0.2) is 0 Å². The van der Waals surface area contributed by atoms with E-state index in [1.165, 1.54) is 38.0 Å². The zero-order valence-electron chi connectivity index (χ0n) is 11.5. The van der Waals surface area contributed by atoms with Gasteiger partial charge in [-0.15, -0.1) is 0 Å². The summed E-state index contributed by atoms with van der Waals surface area (Å²) in [5.74, 6) is 2.10. The molecule has 3 atom stereocenters. The van der Waals surface area contributed by atoms with E-state index in [-0.39, 0.29) is 0 Å². The summed E-state index contributed by atoms with van der Waals surface area (Å²) >= 11 is 1.96. The summed E-state index contributed by atoms with van der Waals surface area (Å²) in [5.41, 5.74) is 0.348. The lowest BCUT2D eigenvalue weighted by molar-refractivity contribution is -0.112. The zero-order chi connectivity index (χ0) is 12.3. The van der Waals surface area contributed by atoms with Crippen LogP contribution in [0.5, 0.6) is 0 Å². The van der Waals surface area contributed by atoms with E-state index < -0.39 is 0 Å². The van der Waals surface area contributed by atoms with Crippen LogP contribution in [0.2, 0.25) is 0 Å². The van der Waals surface area contributed by atoms with Crippen molar-refractivity contribution in [1.29, 1.82) is 0 Å². The molecule has 1 N–H and O–H groups in total. The van der Waals surface area contributed by atoms with Crippen molar-refractivity contribution in [2.45, 2.75) is 51.7 Å². The Morgan fingerprint density at radius 1 is 1.29 bits per heavy atom. The minimum Gasteiger partial charge on any atom is -0.377 e. The molecule has 1 aliphatic heterocycles. The fourth-order valence-electron chi connectivity index (χ4n) is 3.54. The van der Waals surface area contributed by atoms with Gasteiger partial charge in [0, 0.05) is 24.0 Å². The summed E-state index contributed by atoms with van der Waals surface area (Å²) in [4.78, 5) is 0. The quantitative estimate of drug-likeness (QED) is 0.709. The highest BCUT2D eigenvalue weighted by Crippen LogP contribution is 2.51. The molecule has 2 nitrogen and oxygen atoms in total. The Morgan fingerprint density at radius 3 is 2.88 bits per heavy atom. The van der Waals surface area contributed by atoms with Crippen LogP contribution in [0.3, 0.4) is 0 Å². The van der Waals surface area contributed by atoms with Gasteiger partial charge in [-0.05, 0) is 37.8 Å². The van der Waals surface area contributed by atoms with Crippen molar-refractivity contribution in [1.82, 2.24) is 5.32 Å². The first-order valence-electron chi connectivity index (χ1n) is 7.02. The largest absolute Gasteiger partial charge is 0.377 e. The molecular formula is C14H27NOS. The monoisotopic (exact) mass is 257 g/mol. The summed E-state index contributed by atoms with van der Waals surface area (Å²) in [5, 5.41) is 3.77. The van der Waals surface area contributed by atoms with Crippen LogP contribution in [0.25, 0.3) is 0 Å². The van der Waals surface area contributed by atoms with E-state index in [1.54, 1.807) is 0 Å². The van der Waals surface area contributed by atoms with E-state index in [4.69, 9.17) is 4.74 Å². The number of hydrogen-bond donors (Lipinski definition) is 1. The predicted octanol–water partition coefficient (Wildman–Crippen LogP) is 2.92. The van der Waals surface area contributed by atoms with Gasteiger partial charge >= 0.3 is 0 Å². The maximum atomic E-state index is 5.81. The number of unbranched alkanes of at least 4 members (excludes halogenated alkanes) is 2. The molecule has 3 unspecified atom stereocenters. The molecule has 3 heteroatoms. The lowest BCUT2D eigenvalue weighted by Crippen LogP contribution is -2.65. The van der Waals surface area contributed by atoms with Crippen molar-refractivity contribution in [3.05, 3.63) is 0 Å². The van der Waals surface area contributed by atoms with Crippen molar-refractivity contribution in [3.63, 3.8) is 0 Å². The highest BCUT2D eigenvalue weighted by molar-refractivity contribution is 7.98. The first-order valence-corrected chi connectivity index (χ1v) is 8.41. The molecule has 1 saturated carbocycles. The average Bonchev–Trinajstić information content (AvgIpc) is 2.74. The first-order chi connectivity index (χ1) is 8.18. The fourth-order valence-corrected chi connectivity index (χ4v) is 4.04. The second-order valence-electron chi connectivity index (χ2n) is 6.05. The summed E-state index contributed by atoms with van der Waals surface area (Å²) in [6.07, 6.45) is 8.04. The Kier molecular flexibility index (Phi) is 4.79. The van der Waals surface area contributed by atoms with Gasteiger partial charge in [-0.3, -0.25) is 0 Å². The van der Waals surface area contributed by atoms with Gasteiger partial charge in [-0.2, -0.15) is 11.8 Å². The molecule has 0 aromatic heterocycles. The van der Waals surface area contributed by atoms with Crippen molar-refractivity contribution >= 4 is 11.8 Å². The lowest BCUT2D eigenvalue weighted by atomic mass is 9.57. The molecule has 1 saturated heterocycles. The molecule has 2 aliphatic rings. The maximum Gasteiger partial charge on any atom is 0.0685 e. The Balaban J connectivity index is 1.63. The van der Waals surface area contributed by atoms with Crippen LogP contribution in [0.1, 0.15) is 39.5 Å². The van der Waals surface area contributed by atoms with Crippen LogP contribution in [-0.2, 0) is 4.74 Å². The van der Waals surface area contributed by atoms with Crippen LogP contribution in [-0.4, -0.2) is 37.3 Å². The Morgan fingerprint density at radius 2 is 2.12 bits per heavy atom. The molecule has 0 aromatic carbocycles. The van der Waals surface area contributed by atoms with Gasteiger partial charge in [0.2, 0.25) is 0 Å². The Labute approximate surface area is 110 Å². The Hall–Kier alpha value is 0.270. The van der Waals surface area contributed by atoms with Crippen LogP contribution >= 0.6 is 11.8 Å². The number of ether oxygens (including phenoxy) is 1. The molecule has 2 rings (SSSR count). The van der Waals surface area contributed by atoms with E-state index in [2.05, 4.69) is 25.4 Å². The third-order valence-electron chi connectivity index (χ3n) is 4.49. The van der Waals surface area contributed by atoms with E-state index in [0.717, 1.165) is 12.5 Å². The highest BCUT2D eigenvalue weighted by Gasteiger charge is 2.58. The number of nitrogens with one attached hydrogen (secondary N) is 1. The van der Waals surface area contributed by atoms with Gasteiger partial charge in [0.1, 0.15) is 0 Å². The molecule has 2 fully saturated rings. The second-order valence-corrected chi connectivity index (χ2v) is 7.04. The van der Waals surface area contributed by atoms with Crippen molar-refractivity contribution in [3.8, 4) is 0 Å². The topological polar surface area (TPSA) is 21.3 Å². The molecule has 0 radical (unpaired) electrons. The van der Waals surface area contributed by atoms with E-state index >= 15 is 0 Å². The lowest BCUT2D eigenvalue weighted by Gasteiger charge is -2.55. The molecular weight excluding hydrogens is 230 g/mol. The molecule has 0 amide bonds. The van der Waals surface area contributed by atoms with Crippen LogP contribution < -0.4 is 5.32 Å². The van der Waals surface area contributed by atoms with E-state index in [0.29, 0.717) is 17.6 Å². The molecule has 0 bridgehead atoms. The van der Waals surface area contributed by atoms with Crippen molar-refractivity contribution < 1.29 is 4.74 Å². The van der Waals surface area contributed by atoms with Crippen molar-refractivity contribution in [2.75, 3.05) is 25.2 Å². The number of rotatable bonds is 7. The second kappa shape index (κ2) is 5.94. The van der Waals surface area contributed by atoms with Crippen LogP contribution in [0, 0.1) is 11.3 Å². The number of hydrogen-bond acceptors (Lipinski definition) is 3. The third-order valence-corrected chi connectivity index (χ3v) is 5.19. The highest BCUT2D eigenvalue weighted by atomic mass is 32.2. The zero-order valence-corrected chi connectivity index (χ0v) is 12.3. The van der Waals surface area contributed by atoms with Crippen molar-refractivity contribution in [2.24, 2.45) is 11.3 Å². The summed E-state index contributed by atoms with van der Waals surface area (Å²) in [6.45, 7) is 6.87. The molecule has 0 spiro atoms. The predicted molar refractivity (Wildman–Crippen MR) is 75.7 cm³/mol. The van der Waals surface area contributed by atoms with Gasteiger partial charge < -0.3 is 10.1 Å². The average molecular weight is 257 g/mol. The van der Waals surface area contributed by atoms with E-state index in [9.17, 15) is 0 Å². The van der Waals surface area contributed by atoms with Gasteiger partial charge in [-0.25, -0.2) is 0 Å². The molecule has 1 aliphatic carbocycles. The summed E-state index contributed by atoms with van der Waals surface area (Å²) < 4.78 is 5.81. The first kappa shape index (κ1) is 13.7. The van der Waals surface area contributed by atoms with Crippen LogP contribution in [0.4, 0.5) is 0 Å². The normalized spacial score (nSPS) is 34.4. The van der Waals surface area contributed by atoms with Gasteiger partial charge in [0.25, 0.3) is 0 Å². The number of fused-ring (bicyclic) bond motifs is 1.